The van der Waals surface area contributed by atoms with Crippen LogP contribution in [0.15, 0.2) is 24.3 Å². The minimum atomic E-state index is 0.417. The van der Waals surface area contributed by atoms with E-state index in [1.54, 1.807) is 24.5 Å². The Morgan fingerprint density at radius 1 is 1.14 bits per heavy atom. The average Bonchev–Trinajstić information content (AvgIpc) is 3.20. The second-order valence-corrected chi connectivity index (χ2v) is 10.1. The Kier molecular flexibility index (Phi) is 5.97. The van der Waals surface area contributed by atoms with Gasteiger partial charge in [0.1, 0.15) is 27.3 Å². The van der Waals surface area contributed by atoms with Gasteiger partial charge < -0.3 is 10.1 Å². The molecule has 29 heavy (non-hydrogen) atoms. The first-order valence-electron chi connectivity index (χ1n) is 8.73. The largest absolute Gasteiger partial charge is 0.495 e. The summed E-state index contributed by atoms with van der Waals surface area (Å²) in [6.07, 6.45) is 0.493. The molecule has 6 nitrogen and oxygen atoms in total. The quantitative estimate of drug-likeness (QED) is 0.169. The summed E-state index contributed by atoms with van der Waals surface area (Å²) in [6.45, 7) is 6.08. The topological polar surface area (TPSA) is 64.9 Å². The number of nitrogens with zero attached hydrogens (tertiary/aromatic N) is 4. The molecule has 0 saturated carbocycles. The van der Waals surface area contributed by atoms with Crippen molar-refractivity contribution in [2.45, 2.75) is 20.8 Å². The smallest absolute Gasteiger partial charge is 0.167 e. The lowest BCUT2D eigenvalue weighted by atomic mass is 10.2. The highest BCUT2D eigenvalue weighted by molar-refractivity contribution is 14.2. The van der Waals surface area contributed by atoms with E-state index in [4.69, 9.17) is 16.3 Å². The fourth-order valence-corrected chi connectivity index (χ4v) is 6.23. The third-order valence-corrected chi connectivity index (χ3v) is 8.05. The molecule has 0 saturated heterocycles. The molecule has 1 unspecified atom stereocenters. The summed E-state index contributed by atoms with van der Waals surface area (Å²) in [4.78, 5) is 15.0. The molecule has 0 bridgehead atoms. The predicted molar refractivity (Wildman–Crippen MR) is 132 cm³/mol. The summed E-state index contributed by atoms with van der Waals surface area (Å²) >= 11 is 10.3. The number of benzene rings is 1. The van der Waals surface area contributed by atoms with E-state index in [1.807, 2.05) is 32.0 Å². The number of nitrogens with one attached hydrogen (secondary N) is 1. The molecule has 1 aromatic carbocycles. The van der Waals surface area contributed by atoms with Crippen molar-refractivity contribution in [3.63, 3.8) is 0 Å². The lowest BCUT2D eigenvalue weighted by molar-refractivity contribution is 0.417. The number of hydrogen-bond donors (Lipinski definition) is 1. The highest BCUT2D eigenvalue weighted by Crippen LogP contribution is 2.38. The molecule has 0 radical (unpaired) electrons. The Morgan fingerprint density at radius 2 is 1.93 bits per heavy atom. The van der Waals surface area contributed by atoms with Crippen LogP contribution in [0.1, 0.15) is 16.4 Å². The van der Waals surface area contributed by atoms with Gasteiger partial charge in [-0.05, 0) is 61.0 Å². The number of pyridine rings is 1. The molecule has 3 heterocycles. The van der Waals surface area contributed by atoms with Crippen molar-refractivity contribution in [3.05, 3.63) is 45.8 Å². The normalized spacial score (nSPS) is 11.7. The Morgan fingerprint density at radius 3 is 2.59 bits per heavy atom. The lowest BCUT2D eigenvalue weighted by Crippen LogP contribution is -1.97. The molecule has 0 aliphatic carbocycles. The summed E-state index contributed by atoms with van der Waals surface area (Å²) in [5.74, 6) is 1.63. The van der Waals surface area contributed by atoms with Crippen molar-refractivity contribution in [2.24, 2.45) is 0 Å². The number of fused-ring (bicyclic) bond motifs is 1. The Labute approximate surface area is 192 Å². The maximum atomic E-state index is 6.29. The molecule has 1 N–H and O–H groups in total. The number of thiazole rings is 1. The van der Waals surface area contributed by atoms with Crippen LogP contribution >= 0.6 is 51.4 Å². The van der Waals surface area contributed by atoms with Crippen LogP contribution in [-0.4, -0.2) is 26.4 Å². The van der Waals surface area contributed by atoms with Crippen molar-refractivity contribution in [1.29, 1.82) is 0 Å². The average molecular weight is 558 g/mol. The van der Waals surface area contributed by atoms with Crippen molar-refractivity contribution >= 4 is 73.9 Å². The SMILES string of the molecule is COc1cc(-c2nc(C)c(C)s2)ccc1Nc1cc(Cl)nc2c1nc(C)n2PI. The number of rotatable bonds is 5. The van der Waals surface area contributed by atoms with Crippen LogP contribution in [0.3, 0.4) is 0 Å². The Balaban J connectivity index is 1.76. The van der Waals surface area contributed by atoms with Crippen LogP contribution in [0.4, 0.5) is 11.4 Å². The van der Waals surface area contributed by atoms with Gasteiger partial charge in [0, 0.05) is 16.5 Å². The first-order chi connectivity index (χ1) is 13.9. The molecule has 0 amide bonds. The molecule has 0 aliphatic heterocycles. The molecule has 10 heteroatoms. The summed E-state index contributed by atoms with van der Waals surface area (Å²) < 4.78 is 7.71. The number of hydrogen-bond acceptors (Lipinski definition) is 6. The van der Waals surface area contributed by atoms with Crippen molar-refractivity contribution < 1.29 is 4.74 Å². The first kappa shape index (κ1) is 20.8. The van der Waals surface area contributed by atoms with Gasteiger partial charge in [0.2, 0.25) is 0 Å². The minimum absolute atomic E-state index is 0.417. The van der Waals surface area contributed by atoms with Gasteiger partial charge in [0.15, 0.2) is 5.65 Å². The van der Waals surface area contributed by atoms with Crippen molar-refractivity contribution in [2.75, 3.05) is 12.4 Å². The van der Waals surface area contributed by atoms with Gasteiger partial charge in [-0.3, -0.25) is 4.34 Å². The third-order valence-electron chi connectivity index (χ3n) is 4.58. The Hall–Kier alpha value is -1.48. The molecule has 0 aliphatic rings. The molecular weight excluding hydrogens is 540 g/mol. The van der Waals surface area contributed by atoms with E-state index in [2.05, 4.69) is 53.6 Å². The second-order valence-electron chi connectivity index (χ2n) is 6.44. The fourth-order valence-electron chi connectivity index (χ4n) is 2.99. The van der Waals surface area contributed by atoms with E-state index >= 15 is 0 Å². The van der Waals surface area contributed by atoms with Crippen LogP contribution in [0.25, 0.3) is 21.7 Å². The number of anilines is 2. The van der Waals surface area contributed by atoms with Gasteiger partial charge >= 0.3 is 0 Å². The standard InChI is InChI=1S/C19H18ClIN5OPS/c1-9-10(2)29-19(22-9)12-5-6-13(15(7-12)27-4)24-14-8-16(20)25-18-17(14)23-11(3)26(18)28-21/h5-8,28H,1-4H3,(H,24,25). The molecule has 150 valence electrons. The number of aryl methyl sites for hydroxylation is 3. The van der Waals surface area contributed by atoms with E-state index in [0.29, 0.717) is 11.5 Å². The third kappa shape index (κ3) is 3.95. The number of aromatic nitrogens is 4. The molecule has 1 atom stereocenters. The number of methoxy groups -OCH3 is 1. The molecule has 4 aromatic rings. The van der Waals surface area contributed by atoms with E-state index in [-0.39, 0.29) is 0 Å². The van der Waals surface area contributed by atoms with E-state index < -0.39 is 0 Å². The molecule has 0 spiro atoms. The summed E-state index contributed by atoms with van der Waals surface area (Å²) in [5.41, 5.74) is 5.26. The maximum absolute atomic E-state index is 6.29. The molecular formula is C19H18ClIN5OPS. The van der Waals surface area contributed by atoms with Gasteiger partial charge in [-0.15, -0.1) is 11.3 Å². The van der Waals surface area contributed by atoms with E-state index in [1.165, 1.54) is 4.88 Å². The predicted octanol–water partition coefficient (Wildman–Crippen LogP) is 6.68. The van der Waals surface area contributed by atoms with Crippen LogP contribution < -0.4 is 10.1 Å². The first-order valence-corrected chi connectivity index (χ1v) is 14.0. The van der Waals surface area contributed by atoms with E-state index in [0.717, 1.165) is 50.4 Å². The maximum Gasteiger partial charge on any atom is 0.167 e. The highest BCUT2D eigenvalue weighted by Gasteiger charge is 2.16. The second kappa shape index (κ2) is 8.34. The summed E-state index contributed by atoms with van der Waals surface area (Å²) in [6, 6.07) is 7.82. The zero-order valence-corrected chi connectivity index (χ0v) is 20.9. The molecule has 4 rings (SSSR count). The highest BCUT2D eigenvalue weighted by atomic mass is 127. The van der Waals surface area contributed by atoms with Crippen molar-refractivity contribution in [1.82, 2.24) is 19.3 Å². The zero-order chi connectivity index (χ0) is 20.7. The van der Waals surface area contributed by atoms with Crippen LogP contribution in [0, 0.1) is 20.8 Å². The number of halogens is 2. The van der Waals surface area contributed by atoms with Gasteiger partial charge in [-0.1, -0.05) is 11.6 Å². The van der Waals surface area contributed by atoms with Gasteiger partial charge in [-0.25, -0.2) is 15.0 Å². The summed E-state index contributed by atoms with van der Waals surface area (Å²) in [5, 5.41) is 4.83. The lowest BCUT2D eigenvalue weighted by Gasteiger charge is -2.13. The number of ether oxygens (including phenoxy) is 1. The van der Waals surface area contributed by atoms with Crippen LogP contribution in [0.5, 0.6) is 5.75 Å². The van der Waals surface area contributed by atoms with Crippen LogP contribution in [0.2, 0.25) is 5.15 Å². The molecule has 3 aromatic heterocycles. The van der Waals surface area contributed by atoms with Gasteiger partial charge in [0.25, 0.3) is 0 Å². The monoisotopic (exact) mass is 557 g/mol. The fraction of sp³-hybridized carbons (Fsp3) is 0.211. The van der Waals surface area contributed by atoms with Crippen molar-refractivity contribution in [3.8, 4) is 16.3 Å². The van der Waals surface area contributed by atoms with Gasteiger partial charge in [0.05, 0.1) is 30.6 Å². The zero-order valence-electron chi connectivity index (χ0n) is 16.2. The number of imidazole rings is 1. The Bertz CT molecular complexity index is 1210. The van der Waals surface area contributed by atoms with Crippen LogP contribution in [-0.2, 0) is 0 Å². The summed E-state index contributed by atoms with van der Waals surface area (Å²) in [7, 11) is 1.66. The molecule has 0 fully saturated rings. The van der Waals surface area contributed by atoms with Gasteiger partial charge in [-0.2, -0.15) is 0 Å². The van der Waals surface area contributed by atoms with E-state index in [9.17, 15) is 0 Å². The minimum Gasteiger partial charge on any atom is -0.495 e.